The molecule has 0 spiro atoms. The zero-order valence-electron chi connectivity index (χ0n) is 15.0. The van der Waals surface area contributed by atoms with Crippen LogP contribution >= 0.6 is 11.6 Å². The summed E-state index contributed by atoms with van der Waals surface area (Å²) >= 11 is 6.08. The third-order valence-corrected chi connectivity index (χ3v) is 5.59. The summed E-state index contributed by atoms with van der Waals surface area (Å²) in [5, 5.41) is 10.3. The first kappa shape index (κ1) is 17.1. The fourth-order valence-electron chi connectivity index (χ4n) is 3.85. The Morgan fingerprint density at radius 1 is 1.19 bits per heavy atom. The van der Waals surface area contributed by atoms with Crippen LogP contribution < -0.4 is 9.80 Å². The van der Waals surface area contributed by atoms with E-state index in [1.807, 2.05) is 6.07 Å². The van der Waals surface area contributed by atoms with E-state index in [9.17, 15) is 5.26 Å². The van der Waals surface area contributed by atoms with Crippen molar-refractivity contribution in [2.24, 2.45) is 5.92 Å². The zero-order chi connectivity index (χ0) is 18.1. The molecule has 2 aliphatic rings. The number of rotatable bonds is 2. The van der Waals surface area contributed by atoms with Crippen molar-refractivity contribution in [2.75, 3.05) is 36.0 Å². The predicted molar refractivity (Wildman–Crippen MR) is 104 cm³/mol. The Labute approximate surface area is 159 Å². The molecule has 0 amide bonds. The second kappa shape index (κ2) is 7.13. The van der Waals surface area contributed by atoms with Crippen molar-refractivity contribution in [1.82, 2.24) is 9.97 Å². The Hall–Kier alpha value is -2.32. The Morgan fingerprint density at radius 3 is 2.69 bits per heavy atom. The smallest absolute Gasteiger partial charge is 0.146 e. The average molecular weight is 368 g/mol. The molecule has 26 heavy (non-hydrogen) atoms. The van der Waals surface area contributed by atoms with E-state index in [4.69, 9.17) is 16.6 Å². The maximum Gasteiger partial charge on any atom is 0.146 e. The molecule has 4 rings (SSSR count). The number of hydrogen-bond donors (Lipinski definition) is 0. The minimum atomic E-state index is 0.668. The van der Waals surface area contributed by atoms with Crippen molar-refractivity contribution < 1.29 is 0 Å². The molecule has 5 nitrogen and oxygen atoms in total. The number of aryl methyl sites for hydroxylation is 1. The highest BCUT2D eigenvalue weighted by Crippen LogP contribution is 2.29. The standard InChI is InChI=1S/C20H22ClN5/c1-14-2-3-15-11-16(13-22)20(24-18(15)10-14)26-8-6-25(7-9-26)19-12-17(21)4-5-23-19/h4-5,11-12,14H,2-3,6-10H2,1H3. The van der Waals surface area contributed by atoms with Crippen LogP contribution in [0.2, 0.25) is 5.02 Å². The molecular weight excluding hydrogens is 346 g/mol. The number of nitriles is 1. The van der Waals surface area contributed by atoms with E-state index >= 15 is 0 Å². The molecule has 1 atom stereocenters. The molecule has 1 aliphatic carbocycles. The number of pyridine rings is 2. The van der Waals surface area contributed by atoms with Crippen LogP contribution in [0.1, 0.15) is 30.2 Å². The molecule has 0 radical (unpaired) electrons. The van der Waals surface area contributed by atoms with E-state index < -0.39 is 0 Å². The summed E-state index contributed by atoms with van der Waals surface area (Å²) in [6, 6.07) is 8.11. The zero-order valence-corrected chi connectivity index (χ0v) is 15.7. The molecule has 1 aliphatic heterocycles. The van der Waals surface area contributed by atoms with Gasteiger partial charge < -0.3 is 9.80 Å². The lowest BCUT2D eigenvalue weighted by Crippen LogP contribution is -2.47. The van der Waals surface area contributed by atoms with E-state index in [2.05, 4.69) is 33.8 Å². The summed E-state index contributed by atoms with van der Waals surface area (Å²) < 4.78 is 0. The summed E-state index contributed by atoms with van der Waals surface area (Å²) in [5.41, 5.74) is 3.13. The summed E-state index contributed by atoms with van der Waals surface area (Å²) in [4.78, 5) is 13.8. The van der Waals surface area contributed by atoms with Crippen LogP contribution in [-0.4, -0.2) is 36.1 Å². The van der Waals surface area contributed by atoms with E-state index in [0.29, 0.717) is 16.5 Å². The van der Waals surface area contributed by atoms with Gasteiger partial charge in [0.15, 0.2) is 0 Å². The van der Waals surface area contributed by atoms with E-state index in [1.165, 1.54) is 17.7 Å². The molecular formula is C20H22ClN5. The second-order valence-electron chi connectivity index (χ2n) is 7.23. The molecule has 134 valence electrons. The van der Waals surface area contributed by atoms with Crippen LogP contribution in [0, 0.1) is 17.2 Å². The normalized spacial score (nSPS) is 19.8. The lowest BCUT2D eigenvalue weighted by molar-refractivity contribution is 0.491. The molecule has 0 bridgehead atoms. The summed E-state index contributed by atoms with van der Waals surface area (Å²) in [6.45, 7) is 5.61. The van der Waals surface area contributed by atoms with Gasteiger partial charge in [0, 0.05) is 43.1 Å². The predicted octanol–water partition coefficient (Wildman–Crippen LogP) is 3.45. The summed E-state index contributed by atoms with van der Waals surface area (Å²) in [6.07, 6.45) is 4.97. The number of anilines is 2. The molecule has 2 aromatic heterocycles. The van der Waals surface area contributed by atoms with Gasteiger partial charge in [0.2, 0.25) is 0 Å². The lowest BCUT2D eigenvalue weighted by atomic mass is 9.87. The average Bonchev–Trinajstić information content (AvgIpc) is 2.67. The van der Waals surface area contributed by atoms with Crippen LogP contribution in [0.4, 0.5) is 11.6 Å². The minimum absolute atomic E-state index is 0.668. The Bertz CT molecular complexity index is 852. The Morgan fingerprint density at radius 2 is 1.96 bits per heavy atom. The van der Waals surface area contributed by atoms with Gasteiger partial charge in [0.1, 0.15) is 17.7 Å². The molecule has 1 fully saturated rings. The van der Waals surface area contributed by atoms with Crippen molar-refractivity contribution in [2.45, 2.75) is 26.2 Å². The molecule has 6 heteroatoms. The highest BCUT2D eigenvalue weighted by atomic mass is 35.5. The Balaban J connectivity index is 1.54. The van der Waals surface area contributed by atoms with Gasteiger partial charge in [-0.2, -0.15) is 5.26 Å². The van der Waals surface area contributed by atoms with E-state index in [1.54, 1.807) is 12.3 Å². The lowest BCUT2D eigenvalue weighted by Gasteiger charge is -2.37. The SMILES string of the molecule is CC1CCc2cc(C#N)c(N3CCN(c4cc(Cl)ccn4)CC3)nc2C1. The van der Waals surface area contributed by atoms with Crippen molar-refractivity contribution in [3.8, 4) is 6.07 Å². The number of aromatic nitrogens is 2. The van der Waals surface area contributed by atoms with E-state index in [0.717, 1.165) is 50.7 Å². The minimum Gasteiger partial charge on any atom is -0.353 e. The van der Waals surface area contributed by atoms with Gasteiger partial charge in [-0.25, -0.2) is 9.97 Å². The number of fused-ring (bicyclic) bond motifs is 1. The van der Waals surface area contributed by atoms with Gasteiger partial charge in [0.05, 0.1) is 5.56 Å². The highest BCUT2D eigenvalue weighted by molar-refractivity contribution is 6.30. The van der Waals surface area contributed by atoms with Crippen LogP contribution in [0.15, 0.2) is 24.4 Å². The number of halogens is 1. The van der Waals surface area contributed by atoms with E-state index in [-0.39, 0.29) is 0 Å². The van der Waals surface area contributed by atoms with Crippen molar-refractivity contribution in [3.63, 3.8) is 0 Å². The van der Waals surface area contributed by atoms with Crippen molar-refractivity contribution >= 4 is 23.2 Å². The third kappa shape index (κ3) is 3.34. The largest absolute Gasteiger partial charge is 0.353 e. The number of hydrogen-bond acceptors (Lipinski definition) is 5. The van der Waals surface area contributed by atoms with Gasteiger partial charge in [-0.15, -0.1) is 0 Å². The van der Waals surface area contributed by atoms with Gasteiger partial charge in [0.25, 0.3) is 0 Å². The van der Waals surface area contributed by atoms with Crippen molar-refractivity contribution in [3.05, 3.63) is 46.2 Å². The maximum atomic E-state index is 9.61. The monoisotopic (exact) mass is 367 g/mol. The van der Waals surface area contributed by atoms with Crippen molar-refractivity contribution in [1.29, 1.82) is 5.26 Å². The van der Waals surface area contributed by atoms with Crippen LogP contribution in [-0.2, 0) is 12.8 Å². The quantitative estimate of drug-likeness (QED) is 0.813. The fourth-order valence-corrected chi connectivity index (χ4v) is 4.00. The molecule has 1 saturated heterocycles. The van der Waals surface area contributed by atoms with Gasteiger partial charge >= 0.3 is 0 Å². The highest BCUT2D eigenvalue weighted by Gasteiger charge is 2.24. The van der Waals surface area contributed by atoms with Crippen LogP contribution in [0.5, 0.6) is 0 Å². The molecule has 3 heterocycles. The molecule has 2 aromatic rings. The fraction of sp³-hybridized carbons (Fsp3) is 0.450. The van der Waals surface area contributed by atoms with Gasteiger partial charge in [-0.1, -0.05) is 18.5 Å². The molecule has 0 aromatic carbocycles. The maximum absolute atomic E-state index is 9.61. The van der Waals surface area contributed by atoms with Gasteiger partial charge in [-0.3, -0.25) is 0 Å². The van der Waals surface area contributed by atoms with Crippen LogP contribution in [0.25, 0.3) is 0 Å². The summed E-state index contributed by atoms with van der Waals surface area (Å²) in [5.74, 6) is 2.42. The third-order valence-electron chi connectivity index (χ3n) is 5.35. The number of nitrogens with zero attached hydrogens (tertiary/aromatic N) is 5. The topological polar surface area (TPSA) is 56.1 Å². The summed E-state index contributed by atoms with van der Waals surface area (Å²) in [7, 11) is 0. The Kier molecular flexibility index (Phi) is 4.69. The van der Waals surface area contributed by atoms with Crippen LogP contribution in [0.3, 0.4) is 0 Å². The number of piperazine rings is 1. The molecule has 1 unspecified atom stereocenters. The first-order chi connectivity index (χ1) is 12.6. The first-order valence-corrected chi connectivity index (χ1v) is 9.56. The van der Waals surface area contributed by atoms with Gasteiger partial charge in [-0.05, 0) is 48.9 Å². The molecule has 0 N–H and O–H groups in total. The first-order valence-electron chi connectivity index (χ1n) is 9.18. The molecule has 0 saturated carbocycles. The second-order valence-corrected chi connectivity index (χ2v) is 7.67.